The van der Waals surface area contributed by atoms with E-state index in [2.05, 4.69) is 0 Å². The molecule has 1 aliphatic heterocycles. The van der Waals surface area contributed by atoms with Crippen molar-refractivity contribution < 1.29 is 13.9 Å². The highest BCUT2D eigenvalue weighted by Crippen LogP contribution is 2.20. The summed E-state index contributed by atoms with van der Waals surface area (Å²) in [6.07, 6.45) is -0.268. The van der Waals surface area contributed by atoms with Gasteiger partial charge in [-0.15, -0.1) is 0 Å². The van der Waals surface area contributed by atoms with E-state index in [0.717, 1.165) is 0 Å². The van der Waals surface area contributed by atoms with E-state index in [1.807, 2.05) is 4.90 Å². The summed E-state index contributed by atoms with van der Waals surface area (Å²) in [5, 5.41) is 0.340. The van der Waals surface area contributed by atoms with Crippen molar-refractivity contribution in [3.63, 3.8) is 0 Å². The van der Waals surface area contributed by atoms with Gasteiger partial charge in [0.2, 0.25) is 5.91 Å². The van der Waals surface area contributed by atoms with Crippen LogP contribution in [0.15, 0.2) is 18.2 Å². The maximum absolute atomic E-state index is 13.3. The predicted molar refractivity (Wildman–Crippen MR) is 70.2 cm³/mol. The summed E-state index contributed by atoms with van der Waals surface area (Å²) in [5.41, 5.74) is 6.11. The molecular weight excluding hydrogens is 271 g/mol. The van der Waals surface area contributed by atoms with Crippen LogP contribution in [-0.4, -0.2) is 36.1 Å². The molecule has 0 spiro atoms. The number of nitrogens with zero attached hydrogens (tertiary/aromatic N) is 1. The molecule has 2 atom stereocenters. The summed E-state index contributed by atoms with van der Waals surface area (Å²) in [6, 6.07) is 3.83. The number of benzene rings is 1. The normalized spacial score (nSPS) is 24.4. The number of primary amides is 1. The number of morpholine rings is 1. The van der Waals surface area contributed by atoms with Crippen LogP contribution in [-0.2, 0) is 16.1 Å². The van der Waals surface area contributed by atoms with E-state index in [-0.39, 0.29) is 11.9 Å². The number of rotatable bonds is 3. The van der Waals surface area contributed by atoms with Crippen LogP contribution in [0.1, 0.15) is 12.5 Å². The van der Waals surface area contributed by atoms with Crippen molar-refractivity contribution in [1.82, 2.24) is 4.90 Å². The van der Waals surface area contributed by atoms with Gasteiger partial charge in [-0.1, -0.05) is 11.6 Å². The summed E-state index contributed by atoms with van der Waals surface area (Å²) >= 11 is 5.82. The second kappa shape index (κ2) is 5.86. The molecule has 0 unspecified atom stereocenters. The maximum atomic E-state index is 13.3. The zero-order valence-electron chi connectivity index (χ0n) is 10.6. The van der Waals surface area contributed by atoms with E-state index in [1.54, 1.807) is 13.0 Å². The summed E-state index contributed by atoms with van der Waals surface area (Å²) in [4.78, 5) is 13.4. The summed E-state index contributed by atoms with van der Waals surface area (Å²) in [7, 11) is 0. The van der Waals surface area contributed by atoms with Gasteiger partial charge in [-0.2, -0.15) is 0 Å². The minimum Gasteiger partial charge on any atom is -0.375 e. The van der Waals surface area contributed by atoms with Gasteiger partial charge in [-0.05, 0) is 30.7 Å². The average Bonchev–Trinajstić information content (AvgIpc) is 2.26. The van der Waals surface area contributed by atoms with Gasteiger partial charge in [0, 0.05) is 18.1 Å². The Morgan fingerprint density at radius 2 is 2.32 bits per heavy atom. The van der Waals surface area contributed by atoms with Crippen molar-refractivity contribution in [1.29, 1.82) is 0 Å². The Morgan fingerprint density at radius 1 is 1.58 bits per heavy atom. The first-order valence-electron chi connectivity index (χ1n) is 6.07. The number of amides is 1. The number of hydrogen-bond acceptors (Lipinski definition) is 3. The van der Waals surface area contributed by atoms with Crippen LogP contribution in [0.2, 0.25) is 5.02 Å². The zero-order valence-corrected chi connectivity index (χ0v) is 11.4. The molecule has 1 saturated heterocycles. The second-order valence-corrected chi connectivity index (χ2v) is 5.11. The summed E-state index contributed by atoms with van der Waals surface area (Å²) < 4.78 is 18.7. The second-order valence-electron chi connectivity index (χ2n) is 4.67. The summed E-state index contributed by atoms with van der Waals surface area (Å²) in [6.45, 7) is 3.32. The van der Waals surface area contributed by atoms with E-state index in [1.165, 1.54) is 12.1 Å². The average molecular weight is 287 g/mol. The van der Waals surface area contributed by atoms with E-state index in [9.17, 15) is 9.18 Å². The molecule has 1 amide bonds. The number of ether oxygens (including phenoxy) is 1. The van der Waals surface area contributed by atoms with Crippen LogP contribution in [0.4, 0.5) is 4.39 Å². The third kappa shape index (κ3) is 3.43. The fourth-order valence-electron chi connectivity index (χ4n) is 2.41. The first-order valence-corrected chi connectivity index (χ1v) is 6.45. The van der Waals surface area contributed by atoms with Gasteiger partial charge in [-0.3, -0.25) is 9.69 Å². The topological polar surface area (TPSA) is 55.6 Å². The molecule has 6 heteroatoms. The molecule has 1 aromatic carbocycles. The van der Waals surface area contributed by atoms with Crippen LogP contribution in [0, 0.1) is 5.82 Å². The monoisotopic (exact) mass is 286 g/mol. The molecule has 2 N–H and O–H groups in total. The highest BCUT2D eigenvalue weighted by molar-refractivity contribution is 6.30. The Bertz CT molecular complexity index is 463. The van der Waals surface area contributed by atoms with Gasteiger partial charge >= 0.3 is 0 Å². The standard InChI is InChI=1S/C13H16ClFN2O2/c1-8-12(13(16)18)17(2-3-19-8)7-9-4-10(14)6-11(15)5-9/h4-6,8,12H,2-3,7H2,1H3,(H2,16,18)/t8-,12+/m1/s1. The van der Waals surface area contributed by atoms with Crippen molar-refractivity contribution in [3.05, 3.63) is 34.6 Å². The Balaban J connectivity index is 2.17. The molecule has 4 nitrogen and oxygen atoms in total. The number of carbonyl (C=O) groups excluding carboxylic acids is 1. The lowest BCUT2D eigenvalue weighted by Crippen LogP contribution is -2.56. The van der Waals surface area contributed by atoms with Crippen LogP contribution in [0.3, 0.4) is 0 Å². The minimum absolute atomic E-state index is 0.268. The van der Waals surface area contributed by atoms with Crippen LogP contribution in [0.25, 0.3) is 0 Å². The quantitative estimate of drug-likeness (QED) is 0.917. The first-order chi connectivity index (χ1) is 8.97. The van der Waals surface area contributed by atoms with Crippen LogP contribution >= 0.6 is 11.6 Å². The molecule has 1 aromatic rings. The maximum Gasteiger partial charge on any atom is 0.237 e. The van der Waals surface area contributed by atoms with Crippen molar-refractivity contribution in [2.24, 2.45) is 5.73 Å². The summed E-state index contributed by atoms with van der Waals surface area (Å²) in [5.74, 6) is -0.825. The highest BCUT2D eigenvalue weighted by atomic mass is 35.5. The number of nitrogens with two attached hydrogens (primary N) is 1. The fourth-order valence-corrected chi connectivity index (χ4v) is 2.65. The molecule has 1 fully saturated rings. The Hall–Kier alpha value is -1.17. The lowest BCUT2D eigenvalue weighted by Gasteiger charge is -2.37. The van der Waals surface area contributed by atoms with E-state index >= 15 is 0 Å². The van der Waals surface area contributed by atoms with Crippen LogP contribution < -0.4 is 5.73 Å². The van der Waals surface area contributed by atoms with Crippen molar-refractivity contribution in [3.8, 4) is 0 Å². The highest BCUT2D eigenvalue weighted by Gasteiger charge is 2.33. The third-order valence-corrected chi connectivity index (χ3v) is 3.42. The van der Waals surface area contributed by atoms with Gasteiger partial charge in [0.1, 0.15) is 11.9 Å². The molecule has 0 saturated carbocycles. The molecule has 0 bridgehead atoms. The molecule has 1 heterocycles. The van der Waals surface area contributed by atoms with E-state index in [4.69, 9.17) is 22.1 Å². The largest absolute Gasteiger partial charge is 0.375 e. The number of hydrogen-bond donors (Lipinski definition) is 1. The molecule has 0 radical (unpaired) electrons. The Labute approximate surface area is 116 Å². The Kier molecular flexibility index (Phi) is 4.39. The van der Waals surface area contributed by atoms with Crippen LogP contribution in [0.5, 0.6) is 0 Å². The lowest BCUT2D eigenvalue weighted by molar-refractivity contribution is -0.136. The minimum atomic E-state index is -0.504. The first kappa shape index (κ1) is 14.2. The lowest BCUT2D eigenvalue weighted by atomic mass is 10.1. The van der Waals surface area contributed by atoms with Crippen molar-refractivity contribution >= 4 is 17.5 Å². The van der Waals surface area contributed by atoms with Crippen molar-refractivity contribution in [2.75, 3.05) is 13.2 Å². The van der Waals surface area contributed by atoms with Gasteiger partial charge < -0.3 is 10.5 Å². The molecule has 0 aliphatic carbocycles. The third-order valence-electron chi connectivity index (χ3n) is 3.20. The van der Waals surface area contributed by atoms with Gasteiger partial charge in [-0.25, -0.2) is 4.39 Å². The zero-order chi connectivity index (χ0) is 14.0. The number of halogens is 2. The van der Waals surface area contributed by atoms with Gasteiger partial charge in [0.25, 0.3) is 0 Å². The Morgan fingerprint density at radius 3 is 2.95 bits per heavy atom. The van der Waals surface area contributed by atoms with Gasteiger partial charge in [0.15, 0.2) is 0 Å². The molecule has 1 aliphatic rings. The molecule has 0 aromatic heterocycles. The smallest absolute Gasteiger partial charge is 0.237 e. The predicted octanol–water partition coefficient (Wildman–Crippen LogP) is 1.55. The molecule has 104 valence electrons. The molecule has 19 heavy (non-hydrogen) atoms. The number of carbonyl (C=O) groups is 1. The fraction of sp³-hybridized carbons (Fsp3) is 0.462. The van der Waals surface area contributed by atoms with Crippen molar-refractivity contribution in [2.45, 2.75) is 25.6 Å². The molecular formula is C13H16ClFN2O2. The van der Waals surface area contributed by atoms with E-state index in [0.29, 0.717) is 30.3 Å². The van der Waals surface area contributed by atoms with E-state index < -0.39 is 11.9 Å². The SMILES string of the molecule is C[C@H]1OCCN(Cc2cc(F)cc(Cl)c2)[C@@H]1C(N)=O. The molecule has 2 rings (SSSR count). The van der Waals surface area contributed by atoms with Gasteiger partial charge in [0.05, 0.1) is 12.7 Å².